The number of guanidine groups is 1. The van der Waals surface area contributed by atoms with Crippen LogP contribution >= 0.6 is 0 Å². The fourth-order valence-electron chi connectivity index (χ4n) is 3.55. The zero-order valence-corrected chi connectivity index (χ0v) is 18.2. The van der Waals surface area contributed by atoms with Crippen LogP contribution in [0, 0.1) is 6.92 Å². The average molecular weight is 408 g/mol. The van der Waals surface area contributed by atoms with E-state index in [0.717, 1.165) is 49.7 Å². The lowest BCUT2D eigenvalue weighted by Crippen LogP contribution is -2.38. The predicted octanol–water partition coefficient (Wildman–Crippen LogP) is 4.09. The van der Waals surface area contributed by atoms with Crippen molar-refractivity contribution < 1.29 is 4.79 Å². The summed E-state index contributed by atoms with van der Waals surface area (Å²) < 4.78 is 0. The zero-order chi connectivity index (χ0) is 21.3. The smallest absolute Gasteiger partial charge is 0.321 e. The summed E-state index contributed by atoms with van der Waals surface area (Å²) in [5, 5.41) is 9.75. The minimum atomic E-state index is -0.0137. The number of hydrogen-bond acceptors (Lipinski definition) is 2. The average Bonchev–Trinajstić information content (AvgIpc) is 3.29. The van der Waals surface area contributed by atoms with Gasteiger partial charge in [-0.1, -0.05) is 48.9 Å². The highest BCUT2D eigenvalue weighted by molar-refractivity contribution is 5.89. The normalized spacial score (nSPS) is 15.0. The Morgan fingerprint density at radius 2 is 1.83 bits per heavy atom. The molecule has 0 aromatic heterocycles. The molecule has 0 bridgehead atoms. The first kappa shape index (κ1) is 21.7. The van der Waals surface area contributed by atoms with Gasteiger partial charge in [0.05, 0.1) is 0 Å². The van der Waals surface area contributed by atoms with E-state index in [1.54, 1.807) is 7.05 Å². The molecule has 2 aromatic carbocycles. The molecule has 1 unspecified atom stereocenters. The third-order valence-electron chi connectivity index (χ3n) is 5.48. The van der Waals surface area contributed by atoms with E-state index in [-0.39, 0.29) is 6.03 Å². The molecule has 6 heteroatoms. The van der Waals surface area contributed by atoms with Crippen LogP contribution in [-0.2, 0) is 6.54 Å². The fourth-order valence-corrected chi connectivity index (χ4v) is 3.55. The number of aryl methyl sites for hydroxylation is 1. The molecule has 1 fully saturated rings. The molecule has 2 amide bonds. The van der Waals surface area contributed by atoms with Gasteiger partial charge in [0.1, 0.15) is 0 Å². The number of amides is 2. The number of rotatable bonds is 6. The number of benzene rings is 2. The summed E-state index contributed by atoms with van der Waals surface area (Å²) in [7, 11) is 1.78. The van der Waals surface area contributed by atoms with E-state index in [4.69, 9.17) is 0 Å². The molecule has 30 heavy (non-hydrogen) atoms. The highest BCUT2D eigenvalue weighted by atomic mass is 16.2. The van der Waals surface area contributed by atoms with Gasteiger partial charge in [-0.15, -0.1) is 0 Å². The molecular formula is C24H33N5O. The highest BCUT2D eigenvalue weighted by Gasteiger charge is 2.17. The topological polar surface area (TPSA) is 68.8 Å². The van der Waals surface area contributed by atoms with Crippen LogP contribution in [0.5, 0.6) is 0 Å². The molecule has 1 aliphatic heterocycles. The lowest BCUT2D eigenvalue weighted by Gasteiger charge is -2.18. The second-order valence-corrected chi connectivity index (χ2v) is 7.94. The number of nitrogens with one attached hydrogen (secondary N) is 3. The molecule has 1 aliphatic rings. The van der Waals surface area contributed by atoms with Crippen molar-refractivity contribution in [2.75, 3.05) is 32.0 Å². The number of carbonyl (C=O) groups excluding carboxylic acids is 1. The van der Waals surface area contributed by atoms with Crippen LogP contribution < -0.4 is 16.0 Å². The summed E-state index contributed by atoms with van der Waals surface area (Å²) in [5.74, 6) is 1.15. The van der Waals surface area contributed by atoms with Crippen molar-refractivity contribution in [2.45, 2.75) is 39.2 Å². The van der Waals surface area contributed by atoms with Crippen molar-refractivity contribution in [3.05, 3.63) is 65.2 Å². The van der Waals surface area contributed by atoms with Crippen LogP contribution in [0.1, 0.15) is 42.4 Å². The van der Waals surface area contributed by atoms with Gasteiger partial charge < -0.3 is 20.9 Å². The summed E-state index contributed by atoms with van der Waals surface area (Å²) >= 11 is 0. The third kappa shape index (κ3) is 6.24. The fraction of sp³-hybridized carbons (Fsp3) is 0.417. The quantitative estimate of drug-likeness (QED) is 0.499. The maximum Gasteiger partial charge on any atom is 0.321 e. The molecule has 6 nitrogen and oxygen atoms in total. The minimum Gasteiger partial charge on any atom is -0.356 e. The van der Waals surface area contributed by atoms with Gasteiger partial charge in [0.15, 0.2) is 5.96 Å². The number of carbonyl (C=O) groups is 1. The first-order valence-corrected chi connectivity index (χ1v) is 10.7. The molecule has 0 aliphatic carbocycles. The molecule has 3 rings (SSSR count). The Hall–Kier alpha value is -3.02. The van der Waals surface area contributed by atoms with Gasteiger partial charge in [-0.3, -0.25) is 4.99 Å². The third-order valence-corrected chi connectivity index (χ3v) is 5.48. The van der Waals surface area contributed by atoms with Crippen molar-refractivity contribution in [2.24, 2.45) is 4.99 Å². The van der Waals surface area contributed by atoms with Crippen molar-refractivity contribution in [1.82, 2.24) is 15.5 Å². The summed E-state index contributed by atoms with van der Waals surface area (Å²) in [5.41, 5.74) is 4.49. The van der Waals surface area contributed by atoms with Gasteiger partial charge in [0.25, 0.3) is 0 Å². The van der Waals surface area contributed by atoms with E-state index in [1.807, 2.05) is 29.2 Å². The SMILES string of the molecule is CN=C(NCc1cccc(NC(=O)N2CCCC2)c1)NCC(C)c1ccc(C)cc1. The number of hydrogen-bond donors (Lipinski definition) is 3. The van der Waals surface area contributed by atoms with Gasteiger partial charge in [0.2, 0.25) is 0 Å². The maximum absolute atomic E-state index is 12.3. The Balaban J connectivity index is 1.48. The zero-order valence-electron chi connectivity index (χ0n) is 18.2. The van der Waals surface area contributed by atoms with Crippen LogP contribution in [0.3, 0.4) is 0 Å². The Bertz CT molecular complexity index is 856. The second-order valence-electron chi connectivity index (χ2n) is 7.94. The van der Waals surface area contributed by atoms with Gasteiger partial charge in [0, 0.05) is 38.9 Å². The molecule has 1 heterocycles. The number of nitrogens with zero attached hydrogens (tertiary/aromatic N) is 2. The molecule has 0 spiro atoms. The van der Waals surface area contributed by atoms with Crippen molar-refractivity contribution in [1.29, 1.82) is 0 Å². The van der Waals surface area contributed by atoms with E-state index in [0.29, 0.717) is 12.5 Å². The monoisotopic (exact) mass is 407 g/mol. The van der Waals surface area contributed by atoms with Gasteiger partial charge in [-0.05, 0) is 48.9 Å². The first-order valence-electron chi connectivity index (χ1n) is 10.7. The molecule has 1 atom stereocenters. The van der Waals surface area contributed by atoms with Gasteiger partial charge in [-0.25, -0.2) is 4.79 Å². The van der Waals surface area contributed by atoms with E-state index in [2.05, 4.69) is 59.1 Å². The van der Waals surface area contributed by atoms with E-state index >= 15 is 0 Å². The number of aliphatic imine (C=N–C) groups is 1. The first-order chi connectivity index (χ1) is 14.5. The highest BCUT2D eigenvalue weighted by Crippen LogP contribution is 2.15. The Morgan fingerprint density at radius 3 is 2.53 bits per heavy atom. The van der Waals surface area contributed by atoms with Crippen LogP contribution in [0.25, 0.3) is 0 Å². The molecular weight excluding hydrogens is 374 g/mol. The summed E-state index contributed by atoms with van der Waals surface area (Å²) in [6, 6.07) is 16.6. The van der Waals surface area contributed by atoms with E-state index < -0.39 is 0 Å². The van der Waals surface area contributed by atoms with Crippen LogP contribution in [0.4, 0.5) is 10.5 Å². The van der Waals surface area contributed by atoms with E-state index in [1.165, 1.54) is 11.1 Å². The maximum atomic E-state index is 12.3. The largest absolute Gasteiger partial charge is 0.356 e. The lowest BCUT2D eigenvalue weighted by atomic mass is 10.0. The van der Waals surface area contributed by atoms with Crippen LogP contribution in [0.15, 0.2) is 53.5 Å². The number of urea groups is 1. The minimum absolute atomic E-state index is 0.0137. The Labute approximate surface area is 179 Å². The molecule has 160 valence electrons. The molecule has 0 saturated carbocycles. The van der Waals surface area contributed by atoms with Crippen molar-refractivity contribution in [3.63, 3.8) is 0 Å². The standard InChI is InChI=1S/C24H33N5O/c1-18-9-11-21(12-10-18)19(2)16-26-23(25-3)27-17-20-7-6-8-22(15-20)28-24(30)29-13-4-5-14-29/h6-12,15,19H,4-5,13-14,16-17H2,1-3H3,(H,28,30)(H2,25,26,27). The summed E-state index contributed by atoms with van der Waals surface area (Å²) in [6.07, 6.45) is 2.18. The van der Waals surface area contributed by atoms with Crippen LogP contribution in [0.2, 0.25) is 0 Å². The number of likely N-dealkylation sites (tertiary alicyclic amines) is 1. The Morgan fingerprint density at radius 1 is 1.10 bits per heavy atom. The summed E-state index contributed by atoms with van der Waals surface area (Å²) in [6.45, 7) is 7.43. The molecule has 3 N–H and O–H groups in total. The molecule has 2 aromatic rings. The van der Waals surface area contributed by atoms with E-state index in [9.17, 15) is 4.79 Å². The predicted molar refractivity (Wildman–Crippen MR) is 124 cm³/mol. The van der Waals surface area contributed by atoms with Gasteiger partial charge >= 0.3 is 6.03 Å². The summed E-state index contributed by atoms with van der Waals surface area (Å²) in [4.78, 5) is 18.5. The lowest BCUT2D eigenvalue weighted by molar-refractivity contribution is 0.222. The second kappa shape index (κ2) is 10.7. The van der Waals surface area contributed by atoms with Crippen LogP contribution in [-0.4, -0.2) is 43.6 Å². The van der Waals surface area contributed by atoms with Gasteiger partial charge in [-0.2, -0.15) is 0 Å². The number of anilines is 1. The van der Waals surface area contributed by atoms with Crippen molar-refractivity contribution >= 4 is 17.7 Å². The van der Waals surface area contributed by atoms with Crippen molar-refractivity contribution in [3.8, 4) is 0 Å². The molecule has 1 saturated heterocycles. The Kier molecular flexibility index (Phi) is 7.71. The molecule has 0 radical (unpaired) electrons.